The maximum Gasteiger partial charge on any atom is 0.169 e. The van der Waals surface area contributed by atoms with Crippen LogP contribution in [0.2, 0.25) is 0 Å². The molecule has 0 bridgehead atoms. The smallest absolute Gasteiger partial charge is 0.169 e. The second kappa shape index (κ2) is 7.04. The molecule has 2 atom stereocenters. The highest BCUT2D eigenvalue weighted by Crippen LogP contribution is 2.33. The zero-order chi connectivity index (χ0) is 13.7. The van der Waals surface area contributed by atoms with Crippen molar-refractivity contribution in [2.24, 2.45) is 0 Å². The third-order valence-corrected chi connectivity index (χ3v) is 4.61. The van der Waals surface area contributed by atoms with E-state index in [9.17, 15) is 0 Å². The number of ether oxygens (including phenoxy) is 1. The van der Waals surface area contributed by atoms with Crippen LogP contribution in [0.3, 0.4) is 0 Å². The maximum absolute atomic E-state index is 5.82. The molecule has 3 nitrogen and oxygen atoms in total. The first-order chi connectivity index (χ1) is 9.20. The lowest BCUT2D eigenvalue weighted by Crippen LogP contribution is -2.27. The molecule has 1 saturated carbocycles. The first-order valence-corrected chi connectivity index (χ1v) is 8.25. The summed E-state index contributed by atoms with van der Waals surface area (Å²) in [6.45, 7) is 6.32. The highest BCUT2D eigenvalue weighted by atomic mass is 32.2. The summed E-state index contributed by atoms with van der Waals surface area (Å²) in [7, 11) is 0. The van der Waals surface area contributed by atoms with Crippen molar-refractivity contribution in [3.63, 3.8) is 0 Å². The van der Waals surface area contributed by atoms with Crippen LogP contribution in [-0.2, 0) is 0 Å². The van der Waals surface area contributed by atoms with Crippen LogP contribution in [0.15, 0.2) is 18.3 Å². The molecule has 1 aliphatic rings. The number of nitrogens with one attached hydrogen (secondary N) is 1. The van der Waals surface area contributed by atoms with E-state index in [0.717, 1.165) is 11.6 Å². The van der Waals surface area contributed by atoms with E-state index in [1.54, 1.807) is 0 Å². The molecule has 1 aromatic rings. The predicted octanol–water partition coefficient (Wildman–Crippen LogP) is 3.95. The molecule has 4 heteroatoms. The average molecular weight is 280 g/mol. The van der Waals surface area contributed by atoms with Gasteiger partial charge in [0.25, 0.3) is 0 Å². The number of hydrogen-bond acceptors (Lipinski definition) is 4. The molecule has 0 amide bonds. The van der Waals surface area contributed by atoms with Gasteiger partial charge >= 0.3 is 0 Å². The molecule has 1 heterocycles. The fraction of sp³-hybridized carbons (Fsp3) is 0.667. The lowest BCUT2D eigenvalue weighted by atomic mass is 10.2. The van der Waals surface area contributed by atoms with Gasteiger partial charge in [-0.2, -0.15) is 11.8 Å². The lowest BCUT2D eigenvalue weighted by Gasteiger charge is -2.22. The van der Waals surface area contributed by atoms with E-state index in [-0.39, 0.29) is 6.10 Å². The number of nitrogens with zero attached hydrogens (tertiary/aromatic N) is 1. The number of rotatable bonds is 6. The van der Waals surface area contributed by atoms with Crippen molar-refractivity contribution >= 4 is 17.6 Å². The molecular formula is C15H24N2OS. The van der Waals surface area contributed by atoms with Gasteiger partial charge in [0.2, 0.25) is 0 Å². The average Bonchev–Trinajstić information content (AvgIpc) is 2.79. The summed E-state index contributed by atoms with van der Waals surface area (Å²) in [4.78, 5) is 4.44. The molecule has 19 heavy (non-hydrogen) atoms. The molecule has 0 aromatic carbocycles. The Morgan fingerprint density at radius 1 is 1.47 bits per heavy atom. The molecular weight excluding hydrogens is 256 g/mol. The van der Waals surface area contributed by atoms with Crippen molar-refractivity contribution in [3.05, 3.63) is 18.3 Å². The minimum absolute atomic E-state index is 0.175. The van der Waals surface area contributed by atoms with Crippen LogP contribution in [0.5, 0.6) is 5.75 Å². The van der Waals surface area contributed by atoms with Gasteiger partial charge in [-0.25, -0.2) is 4.98 Å². The van der Waals surface area contributed by atoms with E-state index in [4.69, 9.17) is 4.74 Å². The summed E-state index contributed by atoms with van der Waals surface area (Å²) in [6, 6.07) is 4.44. The van der Waals surface area contributed by atoms with Crippen LogP contribution in [0.25, 0.3) is 0 Å². The summed E-state index contributed by atoms with van der Waals surface area (Å²) in [5.41, 5.74) is 0. The SMILES string of the molecule is CCSC1CCCC1Nc1ncccc1OC(C)C. The summed E-state index contributed by atoms with van der Waals surface area (Å²) in [5, 5.41) is 4.30. The Bertz CT molecular complexity index is 397. The quantitative estimate of drug-likeness (QED) is 0.855. The third kappa shape index (κ3) is 4.03. The van der Waals surface area contributed by atoms with Gasteiger partial charge in [-0.3, -0.25) is 0 Å². The maximum atomic E-state index is 5.82. The van der Waals surface area contributed by atoms with Crippen LogP contribution in [0.1, 0.15) is 40.0 Å². The topological polar surface area (TPSA) is 34.2 Å². The molecule has 0 spiro atoms. The standard InChI is InChI=1S/C15H24N2OS/c1-4-19-14-9-5-7-12(14)17-15-13(18-11(2)3)8-6-10-16-15/h6,8,10-12,14H,4-5,7,9H2,1-3H3,(H,16,17). The molecule has 1 fully saturated rings. The first-order valence-electron chi connectivity index (χ1n) is 7.20. The lowest BCUT2D eigenvalue weighted by molar-refractivity contribution is 0.242. The normalized spacial score (nSPS) is 22.7. The van der Waals surface area contributed by atoms with Crippen molar-refractivity contribution in [2.45, 2.75) is 57.4 Å². The highest BCUT2D eigenvalue weighted by molar-refractivity contribution is 7.99. The number of hydrogen-bond donors (Lipinski definition) is 1. The Balaban J connectivity index is 2.05. The highest BCUT2D eigenvalue weighted by Gasteiger charge is 2.28. The van der Waals surface area contributed by atoms with Gasteiger partial charge < -0.3 is 10.1 Å². The van der Waals surface area contributed by atoms with Crippen molar-refractivity contribution in [3.8, 4) is 5.75 Å². The third-order valence-electron chi connectivity index (χ3n) is 3.29. The zero-order valence-electron chi connectivity index (χ0n) is 12.1. The van der Waals surface area contributed by atoms with Crippen LogP contribution in [-0.4, -0.2) is 28.1 Å². The Hall–Kier alpha value is -0.900. The van der Waals surface area contributed by atoms with Crippen LogP contribution in [0.4, 0.5) is 5.82 Å². The molecule has 1 N–H and O–H groups in total. The minimum atomic E-state index is 0.175. The van der Waals surface area contributed by atoms with E-state index in [1.807, 2.05) is 32.2 Å². The number of thioether (sulfide) groups is 1. The second-order valence-electron chi connectivity index (χ2n) is 5.19. The van der Waals surface area contributed by atoms with Crippen molar-refractivity contribution in [1.82, 2.24) is 4.98 Å². The molecule has 106 valence electrons. The minimum Gasteiger partial charge on any atom is -0.487 e. The van der Waals surface area contributed by atoms with Crippen LogP contribution < -0.4 is 10.1 Å². The number of anilines is 1. The van der Waals surface area contributed by atoms with Gasteiger partial charge in [0, 0.05) is 17.5 Å². The van der Waals surface area contributed by atoms with Crippen LogP contribution >= 0.6 is 11.8 Å². The molecule has 1 aromatic heterocycles. The van der Waals surface area contributed by atoms with Gasteiger partial charge in [0.1, 0.15) is 0 Å². The van der Waals surface area contributed by atoms with E-state index in [2.05, 4.69) is 29.0 Å². The fourth-order valence-electron chi connectivity index (χ4n) is 2.53. The fourth-order valence-corrected chi connectivity index (χ4v) is 3.73. The predicted molar refractivity (Wildman–Crippen MR) is 83.2 cm³/mol. The van der Waals surface area contributed by atoms with Gasteiger partial charge in [0.05, 0.1) is 6.10 Å². The van der Waals surface area contributed by atoms with Crippen LogP contribution in [0, 0.1) is 0 Å². The number of aromatic nitrogens is 1. The van der Waals surface area contributed by atoms with Gasteiger partial charge in [-0.05, 0) is 44.6 Å². The van der Waals surface area contributed by atoms with Gasteiger partial charge in [-0.15, -0.1) is 0 Å². The summed E-state index contributed by atoms with van der Waals surface area (Å²) >= 11 is 2.05. The Morgan fingerprint density at radius 3 is 3.05 bits per heavy atom. The molecule has 2 rings (SSSR count). The van der Waals surface area contributed by atoms with Crippen molar-refractivity contribution in [2.75, 3.05) is 11.1 Å². The Morgan fingerprint density at radius 2 is 2.32 bits per heavy atom. The van der Waals surface area contributed by atoms with E-state index in [0.29, 0.717) is 11.3 Å². The van der Waals surface area contributed by atoms with Crippen molar-refractivity contribution < 1.29 is 4.74 Å². The monoisotopic (exact) mass is 280 g/mol. The summed E-state index contributed by atoms with van der Waals surface area (Å²) in [5.74, 6) is 2.94. The Kier molecular flexibility index (Phi) is 5.37. The van der Waals surface area contributed by atoms with Crippen molar-refractivity contribution in [1.29, 1.82) is 0 Å². The molecule has 0 saturated heterocycles. The van der Waals surface area contributed by atoms with Gasteiger partial charge in [0.15, 0.2) is 11.6 Å². The largest absolute Gasteiger partial charge is 0.487 e. The number of pyridine rings is 1. The van der Waals surface area contributed by atoms with E-state index < -0.39 is 0 Å². The Labute approximate surface area is 120 Å². The summed E-state index contributed by atoms with van der Waals surface area (Å²) in [6.07, 6.45) is 5.85. The van der Waals surface area contributed by atoms with E-state index >= 15 is 0 Å². The zero-order valence-corrected chi connectivity index (χ0v) is 12.9. The molecule has 0 aliphatic heterocycles. The second-order valence-corrected chi connectivity index (χ2v) is 6.71. The molecule has 2 unspecified atom stereocenters. The van der Waals surface area contributed by atoms with Gasteiger partial charge in [-0.1, -0.05) is 13.3 Å². The summed E-state index contributed by atoms with van der Waals surface area (Å²) < 4.78 is 5.82. The molecule has 0 radical (unpaired) electrons. The first kappa shape index (κ1) is 14.5. The van der Waals surface area contributed by atoms with E-state index in [1.165, 1.54) is 25.0 Å². The molecule has 1 aliphatic carbocycles.